The number of nitrogens with one attached hydrogen (secondary N) is 1. The summed E-state index contributed by atoms with van der Waals surface area (Å²) in [5.74, 6) is -1.20. The van der Waals surface area contributed by atoms with Gasteiger partial charge in [-0.25, -0.2) is 0 Å². The Morgan fingerprint density at radius 2 is 1.40 bits per heavy atom. The Bertz CT molecular complexity index is 1740. The van der Waals surface area contributed by atoms with Crippen LogP contribution in [-0.4, -0.2) is 49.7 Å². The molecule has 0 saturated carbocycles. The van der Waals surface area contributed by atoms with Crippen molar-refractivity contribution >= 4 is 58.4 Å². The first kappa shape index (κ1) is 26.1. The van der Waals surface area contributed by atoms with Gasteiger partial charge in [0, 0.05) is 11.5 Å². The fourth-order valence-electron chi connectivity index (χ4n) is 3.20. The Morgan fingerprint density at radius 1 is 0.857 bits per heavy atom. The summed E-state index contributed by atoms with van der Waals surface area (Å²) in [7, 11) is -15.4. The van der Waals surface area contributed by atoms with E-state index in [0.717, 1.165) is 12.1 Å². The predicted octanol–water partition coefficient (Wildman–Crippen LogP) is 2.05. The highest BCUT2D eigenvalue weighted by Crippen LogP contribution is 2.36. The van der Waals surface area contributed by atoms with Crippen LogP contribution in [0.2, 0.25) is 0 Å². The highest BCUT2D eigenvalue weighted by atomic mass is 32.2. The van der Waals surface area contributed by atoms with Crippen molar-refractivity contribution in [2.45, 2.75) is 21.6 Å². The van der Waals surface area contributed by atoms with Gasteiger partial charge in [-0.05, 0) is 48.2 Å². The lowest BCUT2D eigenvalue weighted by Gasteiger charge is -2.14. The molecule has 1 amide bonds. The van der Waals surface area contributed by atoms with E-state index in [0.29, 0.717) is 29.8 Å². The van der Waals surface area contributed by atoms with Gasteiger partial charge >= 0.3 is 0 Å². The van der Waals surface area contributed by atoms with E-state index in [4.69, 9.17) is 0 Å². The van der Waals surface area contributed by atoms with Gasteiger partial charge in [0.15, 0.2) is 0 Å². The molecule has 0 heterocycles. The highest BCUT2D eigenvalue weighted by molar-refractivity contribution is 7.87. The summed E-state index contributed by atoms with van der Waals surface area (Å²) in [6.45, 7) is 1.52. The molecule has 4 N–H and O–H groups in total. The van der Waals surface area contributed by atoms with Gasteiger partial charge in [-0.3, -0.25) is 28.6 Å². The van der Waals surface area contributed by atoms with Crippen molar-refractivity contribution in [1.29, 1.82) is 0 Å². The van der Waals surface area contributed by atoms with E-state index in [-0.39, 0.29) is 0 Å². The molecule has 0 atom stereocenters. The van der Waals surface area contributed by atoms with Gasteiger partial charge < -0.3 is 5.32 Å². The number of amides is 1. The first-order chi connectivity index (χ1) is 15.9. The minimum absolute atomic E-state index is 0.351. The van der Waals surface area contributed by atoms with E-state index < -0.39 is 83.6 Å². The van der Waals surface area contributed by atoms with Crippen LogP contribution in [-0.2, 0) is 30.4 Å². The van der Waals surface area contributed by atoms with E-state index >= 15 is 0 Å². The van der Waals surface area contributed by atoms with Gasteiger partial charge in [-0.15, -0.1) is 0 Å². The fraction of sp³-hybridized carbons (Fsp3) is 0.0556. The van der Waals surface area contributed by atoms with Crippen molar-refractivity contribution in [3.63, 3.8) is 0 Å². The van der Waals surface area contributed by atoms with Crippen LogP contribution in [0.3, 0.4) is 0 Å². The Kier molecular flexibility index (Phi) is 6.44. The average molecular weight is 547 g/mol. The first-order valence-electron chi connectivity index (χ1n) is 9.00. The maximum absolute atomic E-state index is 12.9. The number of hydrogen-bond acceptors (Lipinski definition) is 9. The topological polar surface area (TPSA) is 235 Å². The van der Waals surface area contributed by atoms with Crippen molar-refractivity contribution in [2.24, 2.45) is 0 Å². The predicted molar refractivity (Wildman–Crippen MR) is 119 cm³/mol. The van der Waals surface area contributed by atoms with Crippen molar-refractivity contribution in [3.8, 4) is 0 Å². The molecular formula is C18H14N2O12S3. The van der Waals surface area contributed by atoms with Gasteiger partial charge in [0.2, 0.25) is 0 Å². The van der Waals surface area contributed by atoms with Crippen LogP contribution in [0.25, 0.3) is 10.8 Å². The van der Waals surface area contributed by atoms with Crippen LogP contribution in [0, 0.1) is 17.0 Å². The number of fused-ring (bicyclic) bond motifs is 1. The van der Waals surface area contributed by atoms with Gasteiger partial charge in [0.1, 0.15) is 10.5 Å². The molecule has 0 aliphatic carbocycles. The molecule has 14 nitrogen and oxygen atoms in total. The first-order valence-corrected chi connectivity index (χ1v) is 13.3. The lowest BCUT2D eigenvalue weighted by Crippen LogP contribution is -2.16. The van der Waals surface area contributed by atoms with E-state index in [1.54, 1.807) is 0 Å². The number of anilines is 1. The standard InChI is InChI=1S/C18H14N2O12S3/c1-9-2-3-13(15(4-9)20(22)23)18(21)19-14-7-11(33(24,25)26)5-10-6-12(34(27,28)29)8-16(17(10)14)35(30,31)32/h2-8H,1H3,(H,19,21)(H,24,25,26)(H,27,28,29)(H,30,31,32). The average Bonchev–Trinajstić information content (AvgIpc) is 2.70. The second-order valence-corrected chi connectivity index (χ2v) is 11.4. The summed E-state index contributed by atoms with van der Waals surface area (Å²) >= 11 is 0. The SMILES string of the molecule is Cc1ccc(C(=O)Nc2cc(S(=O)(=O)O)cc3cc(S(=O)(=O)O)cc(S(=O)(=O)O)c23)c([N+](=O)[O-])c1. The third-order valence-electron chi connectivity index (χ3n) is 4.68. The summed E-state index contributed by atoms with van der Waals surface area (Å²) < 4.78 is 99.1. The third-order valence-corrected chi connectivity index (χ3v) is 7.22. The zero-order chi connectivity index (χ0) is 26.5. The Balaban J connectivity index is 2.41. The number of carbonyl (C=O) groups excluding carboxylic acids is 1. The molecule has 35 heavy (non-hydrogen) atoms. The van der Waals surface area contributed by atoms with Crippen molar-refractivity contribution < 1.29 is 48.6 Å². The second kappa shape index (κ2) is 8.63. The molecule has 0 aromatic heterocycles. The van der Waals surface area contributed by atoms with E-state index in [1.165, 1.54) is 13.0 Å². The monoisotopic (exact) mass is 546 g/mol. The fourth-order valence-corrected chi connectivity index (χ4v) is 5.12. The molecule has 0 aliphatic heterocycles. The molecule has 3 aromatic rings. The van der Waals surface area contributed by atoms with Crippen molar-refractivity contribution in [2.75, 3.05) is 5.32 Å². The molecule has 0 radical (unpaired) electrons. The number of benzene rings is 3. The summed E-state index contributed by atoms with van der Waals surface area (Å²) in [4.78, 5) is 20.2. The van der Waals surface area contributed by atoms with Crippen molar-refractivity contribution in [1.82, 2.24) is 0 Å². The zero-order valence-corrected chi connectivity index (χ0v) is 19.7. The largest absolute Gasteiger partial charge is 0.321 e. The smallest absolute Gasteiger partial charge is 0.295 e. The van der Waals surface area contributed by atoms with Gasteiger partial charge in [0.05, 0.1) is 20.4 Å². The summed E-state index contributed by atoms with van der Waals surface area (Å²) in [5.41, 5.74) is -1.39. The molecule has 0 aliphatic rings. The van der Waals surface area contributed by atoms with Crippen LogP contribution in [0.5, 0.6) is 0 Å². The summed E-state index contributed by atoms with van der Waals surface area (Å²) in [5, 5.41) is 12.3. The van der Waals surface area contributed by atoms with E-state index in [1.807, 2.05) is 0 Å². The number of nitro benzene ring substituents is 1. The maximum atomic E-state index is 12.9. The third kappa shape index (κ3) is 5.45. The lowest BCUT2D eigenvalue weighted by molar-refractivity contribution is -0.385. The summed E-state index contributed by atoms with van der Waals surface area (Å²) in [6, 6.07) is 5.70. The Hall–Kier alpha value is -3.48. The Labute approximate surface area is 197 Å². The highest BCUT2D eigenvalue weighted by Gasteiger charge is 2.27. The number of aryl methyl sites for hydroxylation is 1. The van der Waals surface area contributed by atoms with Crippen LogP contribution in [0.15, 0.2) is 57.2 Å². The van der Waals surface area contributed by atoms with Gasteiger partial charge in [0.25, 0.3) is 41.9 Å². The molecule has 3 rings (SSSR count). The lowest BCUT2D eigenvalue weighted by atomic mass is 10.1. The molecule has 0 fully saturated rings. The summed E-state index contributed by atoms with van der Waals surface area (Å²) in [6.07, 6.45) is 0. The van der Waals surface area contributed by atoms with E-state index in [2.05, 4.69) is 5.32 Å². The molecule has 0 spiro atoms. The number of carbonyl (C=O) groups is 1. The number of hydrogen-bond donors (Lipinski definition) is 4. The Morgan fingerprint density at radius 3 is 1.89 bits per heavy atom. The van der Waals surface area contributed by atoms with Crippen LogP contribution >= 0.6 is 0 Å². The molecule has 3 aromatic carbocycles. The van der Waals surface area contributed by atoms with Crippen LogP contribution < -0.4 is 5.32 Å². The maximum Gasteiger partial charge on any atom is 0.295 e. The molecule has 0 saturated heterocycles. The van der Waals surface area contributed by atoms with Crippen molar-refractivity contribution in [3.05, 3.63) is 63.7 Å². The second-order valence-electron chi connectivity index (χ2n) is 7.15. The normalized spacial score (nSPS) is 12.5. The quantitative estimate of drug-likeness (QED) is 0.197. The molecule has 0 bridgehead atoms. The number of rotatable bonds is 6. The molecule has 17 heteroatoms. The van der Waals surface area contributed by atoms with Gasteiger partial charge in [-0.2, -0.15) is 25.3 Å². The van der Waals surface area contributed by atoms with Gasteiger partial charge in [-0.1, -0.05) is 6.07 Å². The number of nitrogens with zero attached hydrogens (tertiary/aromatic N) is 1. The number of nitro groups is 1. The van der Waals surface area contributed by atoms with Crippen LogP contribution in [0.4, 0.5) is 11.4 Å². The molecule has 0 unspecified atom stereocenters. The van der Waals surface area contributed by atoms with E-state index in [9.17, 15) is 53.8 Å². The van der Waals surface area contributed by atoms with Crippen LogP contribution in [0.1, 0.15) is 15.9 Å². The molecule has 186 valence electrons. The minimum Gasteiger partial charge on any atom is -0.321 e. The molecular weight excluding hydrogens is 532 g/mol. The zero-order valence-electron chi connectivity index (χ0n) is 17.2. The minimum atomic E-state index is -5.26.